The molecule has 0 heterocycles. The highest BCUT2D eigenvalue weighted by molar-refractivity contribution is 7.89. The van der Waals surface area contributed by atoms with Gasteiger partial charge in [0.05, 0.1) is 20.6 Å². The lowest BCUT2D eigenvalue weighted by molar-refractivity contribution is -0.140. The van der Waals surface area contributed by atoms with Crippen molar-refractivity contribution in [1.29, 1.82) is 0 Å². The molecule has 0 radical (unpaired) electrons. The van der Waals surface area contributed by atoms with Gasteiger partial charge in [0.15, 0.2) is 5.75 Å². The third-order valence-corrected chi connectivity index (χ3v) is 3.59. The lowest BCUT2D eigenvalue weighted by Gasteiger charge is -2.15. The molecule has 7 nitrogen and oxygen atoms in total. The minimum Gasteiger partial charge on any atom is -0.469 e. The zero-order valence-electron chi connectivity index (χ0n) is 9.43. The highest BCUT2D eigenvalue weighted by atomic mass is 32.2. The minimum atomic E-state index is -3.72. The van der Waals surface area contributed by atoms with E-state index in [9.17, 15) is 18.0 Å². The average Bonchev–Trinajstić information content (AvgIpc) is 2.24. The van der Waals surface area contributed by atoms with E-state index in [-0.39, 0.29) is 13.0 Å². The second-order valence-corrected chi connectivity index (χ2v) is 5.06. The number of carbonyl (C=O) groups excluding carboxylic acids is 2. The minimum absolute atomic E-state index is 0.0357. The van der Waals surface area contributed by atoms with Gasteiger partial charge in [-0.2, -0.15) is 0 Å². The van der Waals surface area contributed by atoms with Gasteiger partial charge in [0.2, 0.25) is 10.0 Å². The summed E-state index contributed by atoms with van der Waals surface area (Å²) >= 11 is 0. The number of hydrogen-bond donors (Lipinski definition) is 0. The summed E-state index contributed by atoms with van der Waals surface area (Å²) in [6, 6.07) is 0. The Morgan fingerprint density at radius 3 is 2.06 bits per heavy atom. The van der Waals surface area contributed by atoms with Crippen LogP contribution in [0.15, 0.2) is 0 Å². The summed E-state index contributed by atoms with van der Waals surface area (Å²) in [5, 5.41) is 0. The number of nitrogens with zero attached hydrogens (tertiary/aromatic N) is 1. The lowest BCUT2D eigenvalue weighted by Crippen LogP contribution is -2.34. The highest BCUT2D eigenvalue weighted by Crippen LogP contribution is 2.01. The number of hydrogen-bond acceptors (Lipinski definition) is 6. The van der Waals surface area contributed by atoms with Gasteiger partial charge in [0.25, 0.3) is 0 Å². The summed E-state index contributed by atoms with van der Waals surface area (Å²) < 4.78 is 32.5. The Balaban J connectivity index is 4.30. The molecule has 0 amide bonds. The van der Waals surface area contributed by atoms with Crippen molar-refractivity contribution in [3.05, 3.63) is 0 Å². The number of ether oxygens (including phenoxy) is 2. The number of rotatable bonds is 6. The topological polar surface area (TPSA) is 90.0 Å². The predicted octanol–water partition coefficient (Wildman–Crippen LogP) is -1.02. The third kappa shape index (κ3) is 5.08. The summed E-state index contributed by atoms with van der Waals surface area (Å²) in [5.74, 6) is -2.09. The molecular weight excluding hydrogens is 238 g/mol. The van der Waals surface area contributed by atoms with Crippen molar-refractivity contribution in [2.24, 2.45) is 0 Å². The number of esters is 2. The van der Waals surface area contributed by atoms with E-state index in [1.807, 2.05) is 0 Å². The molecule has 0 spiro atoms. The summed E-state index contributed by atoms with van der Waals surface area (Å²) in [7, 11) is -0.128. The molecule has 0 bridgehead atoms. The molecule has 0 rings (SSSR count). The monoisotopic (exact) mass is 253 g/mol. The fraction of sp³-hybridized carbons (Fsp3) is 0.750. The Hall–Kier alpha value is -1.15. The number of carbonyl (C=O) groups is 2. The molecule has 0 aromatic heterocycles. The van der Waals surface area contributed by atoms with E-state index in [1.165, 1.54) is 14.2 Å². The van der Waals surface area contributed by atoms with E-state index in [1.54, 1.807) is 0 Å². The SMILES string of the molecule is COC(=O)CCN(C)S(=O)(=O)CC(=O)OC. The first-order chi connectivity index (χ1) is 7.33. The zero-order chi connectivity index (χ0) is 12.8. The van der Waals surface area contributed by atoms with Crippen LogP contribution in [0.2, 0.25) is 0 Å². The molecule has 0 saturated carbocycles. The van der Waals surface area contributed by atoms with Gasteiger partial charge in [-0.1, -0.05) is 0 Å². The molecule has 8 heteroatoms. The maximum Gasteiger partial charge on any atom is 0.322 e. The van der Waals surface area contributed by atoms with Gasteiger partial charge in [0.1, 0.15) is 0 Å². The molecule has 0 aliphatic heterocycles. The normalized spacial score (nSPS) is 11.2. The lowest BCUT2D eigenvalue weighted by atomic mass is 10.4. The molecule has 0 aromatic rings. The first-order valence-corrected chi connectivity index (χ1v) is 6.02. The standard InChI is InChI=1S/C8H15NO6S/c1-9(5-4-7(10)14-2)16(12,13)6-8(11)15-3/h4-6H2,1-3H3. The summed E-state index contributed by atoms with van der Waals surface area (Å²) in [5.41, 5.74) is 0. The fourth-order valence-corrected chi connectivity index (χ4v) is 1.81. The molecule has 0 aliphatic carbocycles. The van der Waals surface area contributed by atoms with E-state index >= 15 is 0 Å². The van der Waals surface area contributed by atoms with Gasteiger partial charge in [-0.15, -0.1) is 0 Å². The van der Waals surface area contributed by atoms with Gasteiger partial charge in [0, 0.05) is 13.6 Å². The Morgan fingerprint density at radius 2 is 1.62 bits per heavy atom. The van der Waals surface area contributed by atoms with Crippen LogP contribution in [0.5, 0.6) is 0 Å². The van der Waals surface area contributed by atoms with Crippen molar-refractivity contribution in [3.63, 3.8) is 0 Å². The molecular formula is C8H15NO6S. The zero-order valence-corrected chi connectivity index (χ0v) is 10.2. The maximum absolute atomic E-state index is 11.5. The fourth-order valence-electron chi connectivity index (χ4n) is 0.808. The van der Waals surface area contributed by atoms with Crippen molar-refractivity contribution in [3.8, 4) is 0 Å². The third-order valence-electron chi connectivity index (χ3n) is 1.86. The van der Waals surface area contributed by atoms with Gasteiger partial charge in [-0.3, -0.25) is 9.59 Å². The van der Waals surface area contributed by atoms with Crippen molar-refractivity contribution in [2.75, 3.05) is 33.6 Å². The summed E-state index contributed by atoms with van der Waals surface area (Å²) in [6.45, 7) is -0.0357. The predicted molar refractivity (Wildman–Crippen MR) is 55.1 cm³/mol. The number of sulfonamides is 1. The van der Waals surface area contributed by atoms with Crippen LogP contribution in [0, 0.1) is 0 Å². The molecule has 0 unspecified atom stereocenters. The van der Waals surface area contributed by atoms with Crippen molar-refractivity contribution >= 4 is 22.0 Å². The average molecular weight is 253 g/mol. The second kappa shape index (κ2) is 6.44. The quantitative estimate of drug-likeness (QED) is 0.563. The van der Waals surface area contributed by atoms with Gasteiger partial charge in [-0.25, -0.2) is 12.7 Å². The summed E-state index contributed by atoms with van der Waals surface area (Å²) in [4.78, 5) is 21.6. The first kappa shape index (κ1) is 14.8. The highest BCUT2D eigenvalue weighted by Gasteiger charge is 2.22. The van der Waals surface area contributed by atoms with Crippen molar-refractivity contribution in [2.45, 2.75) is 6.42 Å². The van der Waals surface area contributed by atoms with Gasteiger partial charge in [-0.05, 0) is 0 Å². The van der Waals surface area contributed by atoms with Crippen LogP contribution in [0.3, 0.4) is 0 Å². The molecule has 16 heavy (non-hydrogen) atoms. The van der Waals surface area contributed by atoms with Crippen LogP contribution in [0.4, 0.5) is 0 Å². The van der Waals surface area contributed by atoms with Crippen molar-refractivity contribution < 1.29 is 27.5 Å². The maximum atomic E-state index is 11.5. The Labute approximate surface area is 94.4 Å². The second-order valence-electron chi connectivity index (χ2n) is 2.98. The molecule has 0 aliphatic rings. The van der Waals surface area contributed by atoms with Crippen molar-refractivity contribution in [1.82, 2.24) is 4.31 Å². The van der Waals surface area contributed by atoms with Gasteiger partial charge >= 0.3 is 11.9 Å². The number of methoxy groups -OCH3 is 2. The van der Waals surface area contributed by atoms with E-state index in [0.717, 1.165) is 11.4 Å². The molecule has 0 N–H and O–H groups in total. The molecule has 0 saturated heterocycles. The van der Waals surface area contributed by atoms with Gasteiger partial charge < -0.3 is 9.47 Å². The molecule has 0 fully saturated rings. The van der Waals surface area contributed by atoms with Crippen LogP contribution < -0.4 is 0 Å². The summed E-state index contributed by atoms with van der Waals surface area (Å²) in [6.07, 6.45) is -0.0621. The van der Waals surface area contributed by atoms with Crippen LogP contribution in [0.1, 0.15) is 6.42 Å². The Bertz CT molecular complexity index is 350. The molecule has 0 aromatic carbocycles. The Morgan fingerprint density at radius 1 is 1.12 bits per heavy atom. The smallest absolute Gasteiger partial charge is 0.322 e. The van der Waals surface area contributed by atoms with E-state index in [2.05, 4.69) is 9.47 Å². The van der Waals surface area contributed by atoms with Crippen LogP contribution in [-0.2, 0) is 29.1 Å². The van der Waals surface area contributed by atoms with E-state index in [4.69, 9.17) is 0 Å². The van der Waals surface area contributed by atoms with Crippen LogP contribution in [-0.4, -0.2) is 58.2 Å². The first-order valence-electron chi connectivity index (χ1n) is 4.41. The largest absolute Gasteiger partial charge is 0.469 e. The Kier molecular flexibility index (Phi) is 5.97. The van der Waals surface area contributed by atoms with Crippen LogP contribution in [0.25, 0.3) is 0 Å². The van der Waals surface area contributed by atoms with E-state index < -0.39 is 27.7 Å². The van der Waals surface area contributed by atoms with Crippen LogP contribution >= 0.6 is 0 Å². The molecule has 94 valence electrons. The van der Waals surface area contributed by atoms with E-state index in [0.29, 0.717) is 0 Å². The molecule has 0 atom stereocenters.